The van der Waals surface area contributed by atoms with Gasteiger partial charge in [-0.1, -0.05) is 0 Å². The highest BCUT2D eigenvalue weighted by Crippen LogP contribution is 2.33. The van der Waals surface area contributed by atoms with Crippen molar-refractivity contribution in [3.05, 3.63) is 11.1 Å². The van der Waals surface area contributed by atoms with Gasteiger partial charge in [0.25, 0.3) is 5.91 Å². The highest BCUT2D eigenvalue weighted by Gasteiger charge is 2.47. The maximum absolute atomic E-state index is 12.3. The lowest BCUT2D eigenvalue weighted by Crippen LogP contribution is -2.32. The topological polar surface area (TPSA) is 56.8 Å². The van der Waals surface area contributed by atoms with Crippen LogP contribution in [0.4, 0.5) is 9.93 Å². The Bertz CT molecular complexity index is 576. The zero-order valence-corrected chi connectivity index (χ0v) is 12.8. The summed E-state index contributed by atoms with van der Waals surface area (Å²) in [5.74, 6) is -0.0532. The van der Waals surface area contributed by atoms with E-state index in [1.165, 1.54) is 17.7 Å². The lowest BCUT2D eigenvalue weighted by atomic mass is 10.2. The maximum Gasteiger partial charge on any atom is 0.327 e. The fourth-order valence-corrected chi connectivity index (χ4v) is 3.99. The Balaban J connectivity index is 1.48. The molecular formula is C14H18N4O2S. The molecule has 2 aliphatic heterocycles. The van der Waals surface area contributed by atoms with Gasteiger partial charge in [-0.25, -0.2) is 9.78 Å². The summed E-state index contributed by atoms with van der Waals surface area (Å²) in [7, 11) is 2.06. The molecule has 3 heterocycles. The van der Waals surface area contributed by atoms with Gasteiger partial charge in [-0.3, -0.25) is 9.69 Å². The van der Waals surface area contributed by atoms with Crippen LogP contribution in [0.2, 0.25) is 0 Å². The van der Waals surface area contributed by atoms with Crippen LogP contribution in [0.15, 0.2) is 5.38 Å². The molecule has 2 saturated heterocycles. The van der Waals surface area contributed by atoms with Crippen LogP contribution in [0.1, 0.15) is 31.4 Å². The Morgan fingerprint density at radius 1 is 1.38 bits per heavy atom. The quantitative estimate of drug-likeness (QED) is 0.794. The number of fused-ring (bicyclic) bond motifs is 1. The highest BCUT2D eigenvalue weighted by atomic mass is 32.1. The molecule has 112 valence electrons. The molecule has 0 bridgehead atoms. The molecule has 1 atom stereocenters. The standard InChI is InChI=1S/C14H18N4O2S/c1-16(10-4-5-10)13-15-9(8-21-13)7-18-12(19)11-3-2-6-17(11)14(18)20/h8,10-11H,2-7H2,1H3/t11-/m1/s1. The summed E-state index contributed by atoms with van der Waals surface area (Å²) >= 11 is 1.59. The van der Waals surface area contributed by atoms with Crippen LogP contribution in [0.25, 0.3) is 0 Å². The molecule has 0 radical (unpaired) electrons. The lowest BCUT2D eigenvalue weighted by molar-refractivity contribution is -0.128. The number of urea groups is 1. The fourth-order valence-electron chi connectivity index (χ4n) is 3.14. The number of rotatable bonds is 4. The average Bonchev–Trinajstić information content (AvgIpc) is 2.96. The Kier molecular flexibility index (Phi) is 2.92. The van der Waals surface area contributed by atoms with Crippen molar-refractivity contribution in [3.8, 4) is 0 Å². The van der Waals surface area contributed by atoms with E-state index in [0.717, 1.165) is 23.7 Å². The molecular weight excluding hydrogens is 288 g/mol. The van der Waals surface area contributed by atoms with E-state index in [2.05, 4.69) is 16.9 Å². The zero-order valence-electron chi connectivity index (χ0n) is 12.0. The molecule has 7 heteroatoms. The molecule has 1 saturated carbocycles. The Morgan fingerprint density at radius 3 is 2.90 bits per heavy atom. The number of nitrogens with zero attached hydrogens (tertiary/aromatic N) is 4. The van der Waals surface area contributed by atoms with Crippen LogP contribution in [-0.2, 0) is 11.3 Å². The van der Waals surface area contributed by atoms with E-state index in [-0.39, 0.29) is 18.0 Å². The first-order valence-corrected chi connectivity index (χ1v) is 8.32. The van der Waals surface area contributed by atoms with Crippen molar-refractivity contribution in [2.45, 2.75) is 44.3 Å². The minimum Gasteiger partial charge on any atom is -0.348 e. The van der Waals surface area contributed by atoms with Crippen LogP contribution < -0.4 is 4.90 Å². The molecule has 3 amide bonds. The van der Waals surface area contributed by atoms with Gasteiger partial charge < -0.3 is 9.80 Å². The normalized spacial score (nSPS) is 24.9. The van der Waals surface area contributed by atoms with E-state index in [9.17, 15) is 9.59 Å². The van der Waals surface area contributed by atoms with Crippen molar-refractivity contribution in [2.24, 2.45) is 0 Å². The van der Waals surface area contributed by atoms with Crippen molar-refractivity contribution in [1.82, 2.24) is 14.8 Å². The monoisotopic (exact) mass is 306 g/mol. The minimum atomic E-state index is -0.218. The van der Waals surface area contributed by atoms with Crippen molar-refractivity contribution in [3.63, 3.8) is 0 Å². The third-order valence-electron chi connectivity index (χ3n) is 4.54. The Labute approximate surface area is 127 Å². The molecule has 0 unspecified atom stereocenters. The Hall–Kier alpha value is -1.63. The number of anilines is 1. The molecule has 1 aliphatic carbocycles. The summed E-state index contributed by atoms with van der Waals surface area (Å²) in [5, 5.41) is 2.94. The van der Waals surface area contributed by atoms with Gasteiger partial charge in [0.2, 0.25) is 0 Å². The molecule has 6 nitrogen and oxygen atoms in total. The third-order valence-corrected chi connectivity index (χ3v) is 5.52. The minimum absolute atomic E-state index is 0.0532. The second-order valence-corrected chi connectivity index (χ2v) is 6.86. The summed E-state index contributed by atoms with van der Waals surface area (Å²) in [6, 6.07) is 0.252. The van der Waals surface area contributed by atoms with Gasteiger partial charge in [0.1, 0.15) is 6.04 Å². The summed E-state index contributed by atoms with van der Waals surface area (Å²) in [6.07, 6.45) is 4.19. The van der Waals surface area contributed by atoms with Crippen LogP contribution in [0, 0.1) is 0 Å². The molecule has 21 heavy (non-hydrogen) atoms. The molecule has 3 fully saturated rings. The van der Waals surface area contributed by atoms with Gasteiger partial charge in [-0.05, 0) is 25.7 Å². The number of hydrogen-bond donors (Lipinski definition) is 0. The van der Waals surface area contributed by atoms with Gasteiger partial charge in [-0.2, -0.15) is 0 Å². The van der Waals surface area contributed by atoms with E-state index < -0.39 is 0 Å². The molecule has 0 N–H and O–H groups in total. The number of hydrogen-bond acceptors (Lipinski definition) is 5. The number of carbonyl (C=O) groups excluding carboxylic acids is 2. The second-order valence-electron chi connectivity index (χ2n) is 6.02. The number of imide groups is 1. The second kappa shape index (κ2) is 4.69. The molecule has 4 rings (SSSR count). The maximum atomic E-state index is 12.3. The SMILES string of the molecule is CN(c1nc(CN2C(=O)[C@H]3CCCN3C2=O)cs1)C1CC1. The zero-order chi connectivity index (χ0) is 14.6. The number of carbonyl (C=O) groups is 2. The predicted octanol–water partition coefficient (Wildman–Crippen LogP) is 1.67. The van der Waals surface area contributed by atoms with E-state index in [0.29, 0.717) is 19.1 Å². The van der Waals surface area contributed by atoms with Crippen molar-refractivity contribution in [2.75, 3.05) is 18.5 Å². The van der Waals surface area contributed by atoms with Gasteiger partial charge >= 0.3 is 6.03 Å². The Morgan fingerprint density at radius 2 is 2.19 bits per heavy atom. The lowest BCUT2D eigenvalue weighted by Gasteiger charge is -2.15. The number of amides is 3. The first kappa shape index (κ1) is 13.1. The molecule has 1 aromatic heterocycles. The van der Waals surface area contributed by atoms with Crippen LogP contribution in [0.5, 0.6) is 0 Å². The predicted molar refractivity (Wildman–Crippen MR) is 79.2 cm³/mol. The molecule has 1 aromatic rings. The molecule has 0 spiro atoms. The van der Waals surface area contributed by atoms with Gasteiger partial charge in [0.15, 0.2) is 5.13 Å². The van der Waals surface area contributed by atoms with Crippen molar-refractivity contribution < 1.29 is 9.59 Å². The van der Waals surface area contributed by atoms with Crippen LogP contribution in [-0.4, -0.2) is 52.4 Å². The summed E-state index contributed by atoms with van der Waals surface area (Å²) in [6.45, 7) is 1.01. The first-order chi connectivity index (χ1) is 10.1. The van der Waals surface area contributed by atoms with Crippen LogP contribution >= 0.6 is 11.3 Å². The fraction of sp³-hybridized carbons (Fsp3) is 0.643. The molecule has 3 aliphatic rings. The summed E-state index contributed by atoms with van der Waals surface area (Å²) in [5.41, 5.74) is 0.811. The number of aromatic nitrogens is 1. The van der Waals surface area contributed by atoms with Gasteiger partial charge in [0, 0.05) is 25.0 Å². The average molecular weight is 306 g/mol. The first-order valence-electron chi connectivity index (χ1n) is 7.44. The van der Waals surface area contributed by atoms with E-state index in [1.54, 1.807) is 16.2 Å². The highest BCUT2D eigenvalue weighted by molar-refractivity contribution is 7.13. The largest absolute Gasteiger partial charge is 0.348 e. The van der Waals surface area contributed by atoms with Crippen LogP contribution in [0.3, 0.4) is 0 Å². The van der Waals surface area contributed by atoms with E-state index >= 15 is 0 Å². The van der Waals surface area contributed by atoms with Crippen molar-refractivity contribution >= 4 is 28.4 Å². The van der Waals surface area contributed by atoms with E-state index in [4.69, 9.17) is 0 Å². The number of thiazole rings is 1. The summed E-state index contributed by atoms with van der Waals surface area (Å²) in [4.78, 5) is 34.4. The van der Waals surface area contributed by atoms with E-state index in [1.807, 2.05) is 5.38 Å². The summed E-state index contributed by atoms with van der Waals surface area (Å²) < 4.78 is 0. The third kappa shape index (κ3) is 2.10. The smallest absolute Gasteiger partial charge is 0.327 e. The van der Waals surface area contributed by atoms with Gasteiger partial charge in [-0.15, -0.1) is 11.3 Å². The van der Waals surface area contributed by atoms with Gasteiger partial charge in [0.05, 0.1) is 12.2 Å². The molecule has 0 aromatic carbocycles. The van der Waals surface area contributed by atoms with Crippen molar-refractivity contribution in [1.29, 1.82) is 0 Å².